The van der Waals surface area contributed by atoms with Crippen LogP contribution in [0, 0.1) is 6.92 Å². The van der Waals surface area contributed by atoms with Gasteiger partial charge in [0.25, 0.3) is 0 Å². The number of sulfonamides is 1. The fraction of sp³-hybridized carbons (Fsp3) is 0.0800. The Balaban J connectivity index is 1.43. The predicted molar refractivity (Wildman–Crippen MR) is 138 cm³/mol. The second-order valence-electron chi connectivity index (χ2n) is 7.88. The van der Waals surface area contributed by atoms with Crippen LogP contribution in [0.4, 0.5) is 33.5 Å². The first-order chi connectivity index (χ1) is 17.2. The van der Waals surface area contributed by atoms with Gasteiger partial charge in [0.05, 0.1) is 28.5 Å². The molecule has 5 N–H and O–H groups in total. The van der Waals surface area contributed by atoms with E-state index in [0.717, 1.165) is 5.69 Å². The third-order valence-corrected chi connectivity index (χ3v) is 6.32. The molecule has 0 radical (unpaired) electrons. The molecule has 1 amide bonds. The van der Waals surface area contributed by atoms with Crippen LogP contribution in [0.5, 0.6) is 0 Å². The summed E-state index contributed by atoms with van der Waals surface area (Å²) in [5.74, 6) is 0.300. The zero-order valence-electron chi connectivity index (χ0n) is 19.3. The van der Waals surface area contributed by atoms with E-state index in [-0.39, 0.29) is 4.90 Å². The number of amides is 1. The first-order valence-corrected chi connectivity index (χ1v) is 12.4. The summed E-state index contributed by atoms with van der Waals surface area (Å²) in [6.07, 6.45) is 0.516. The van der Waals surface area contributed by atoms with Gasteiger partial charge in [0.2, 0.25) is 16.0 Å². The summed E-state index contributed by atoms with van der Waals surface area (Å²) < 4.78 is 23.5. The number of benzene rings is 3. The van der Waals surface area contributed by atoms with Gasteiger partial charge in [0, 0.05) is 17.6 Å². The fourth-order valence-electron chi connectivity index (χ4n) is 3.54. The highest BCUT2D eigenvalue weighted by molar-refractivity contribution is 7.89. The lowest BCUT2D eigenvalue weighted by molar-refractivity contribution is 0.205. The van der Waals surface area contributed by atoms with Gasteiger partial charge in [-0.05, 0) is 67.1 Å². The van der Waals surface area contributed by atoms with Crippen LogP contribution in [0.15, 0.2) is 90.0 Å². The van der Waals surface area contributed by atoms with E-state index in [2.05, 4.69) is 20.6 Å². The Labute approximate surface area is 208 Å². The van der Waals surface area contributed by atoms with Crippen molar-refractivity contribution in [1.82, 2.24) is 9.97 Å². The molecule has 11 heteroatoms. The molecule has 4 aromatic rings. The van der Waals surface area contributed by atoms with Crippen molar-refractivity contribution in [1.29, 1.82) is 0 Å². The van der Waals surface area contributed by atoms with Gasteiger partial charge < -0.3 is 15.7 Å². The largest absolute Gasteiger partial charge is 0.464 e. The highest BCUT2D eigenvalue weighted by Gasteiger charge is 2.16. The molecule has 0 spiro atoms. The SMILES string of the molecule is Cc1ccc(Nc2nccc(CNc3ccc(N(C(=O)O)c4ccccc4)cc3)n2)cc1S(N)(=O)=O. The Morgan fingerprint density at radius 2 is 1.64 bits per heavy atom. The smallest absolute Gasteiger partial charge is 0.416 e. The minimum atomic E-state index is -3.85. The number of nitrogens with zero attached hydrogens (tertiary/aromatic N) is 3. The summed E-state index contributed by atoms with van der Waals surface area (Å²) in [6.45, 7) is 2.05. The molecule has 0 aliphatic heterocycles. The molecule has 0 saturated heterocycles. The Bertz CT molecular complexity index is 1480. The average Bonchev–Trinajstić information content (AvgIpc) is 2.85. The number of para-hydroxylation sites is 1. The topological polar surface area (TPSA) is 151 Å². The minimum absolute atomic E-state index is 0.0301. The summed E-state index contributed by atoms with van der Waals surface area (Å²) in [7, 11) is -3.85. The number of hydrogen-bond donors (Lipinski definition) is 4. The third-order valence-electron chi connectivity index (χ3n) is 5.27. The van der Waals surface area contributed by atoms with Crippen molar-refractivity contribution in [3.05, 3.63) is 96.3 Å². The van der Waals surface area contributed by atoms with Crippen LogP contribution in [-0.4, -0.2) is 29.6 Å². The van der Waals surface area contributed by atoms with Crippen LogP contribution in [-0.2, 0) is 16.6 Å². The van der Waals surface area contributed by atoms with Gasteiger partial charge in [-0.2, -0.15) is 0 Å². The zero-order chi connectivity index (χ0) is 25.7. The molecule has 0 saturated carbocycles. The standard InChI is InChI=1S/C25H24N6O4S/c1-17-7-8-19(15-23(17)36(26,34)35)29-24-27-14-13-20(30-24)16-28-18-9-11-22(12-10-18)31(25(32)33)21-5-3-2-4-6-21/h2-15,28H,16H2,1H3,(H,32,33)(H2,26,34,35)(H,27,29,30). The molecule has 4 rings (SSSR count). The van der Waals surface area contributed by atoms with Gasteiger partial charge in [-0.1, -0.05) is 24.3 Å². The van der Waals surface area contributed by atoms with E-state index in [0.29, 0.717) is 40.8 Å². The van der Waals surface area contributed by atoms with Crippen molar-refractivity contribution in [2.24, 2.45) is 5.14 Å². The highest BCUT2D eigenvalue weighted by atomic mass is 32.2. The summed E-state index contributed by atoms with van der Waals surface area (Å²) in [5, 5.41) is 21.2. The lowest BCUT2D eigenvalue weighted by Crippen LogP contribution is -2.23. The Morgan fingerprint density at radius 3 is 2.31 bits per heavy atom. The number of hydrogen-bond acceptors (Lipinski definition) is 7. The molecule has 1 heterocycles. The number of carbonyl (C=O) groups is 1. The van der Waals surface area contributed by atoms with Crippen LogP contribution in [0.3, 0.4) is 0 Å². The maximum atomic E-state index is 11.8. The summed E-state index contributed by atoms with van der Waals surface area (Å²) in [5.41, 5.74) is 3.57. The number of anilines is 5. The Hall–Kier alpha value is -4.48. The molecule has 0 aliphatic rings. The first-order valence-electron chi connectivity index (χ1n) is 10.8. The number of nitrogens with two attached hydrogens (primary N) is 1. The average molecular weight is 505 g/mol. The van der Waals surface area contributed by atoms with Gasteiger partial charge in [0.1, 0.15) is 0 Å². The fourth-order valence-corrected chi connectivity index (χ4v) is 4.34. The minimum Gasteiger partial charge on any atom is -0.464 e. The molecular weight excluding hydrogens is 480 g/mol. The van der Waals surface area contributed by atoms with Crippen molar-refractivity contribution in [3.63, 3.8) is 0 Å². The molecule has 3 aromatic carbocycles. The van der Waals surface area contributed by atoms with Crippen molar-refractivity contribution >= 4 is 44.8 Å². The lowest BCUT2D eigenvalue weighted by Gasteiger charge is -2.19. The van der Waals surface area contributed by atoms with Crippen molar-refractivity contribution in [2.45, 2.75) is 18.4 Å². The molecule has 10 nitrogen and oxygen atoms in total. The van der Waals surface area contributed by atoms with E-state index in [4.69, 9.17) is 5.14 Å². The normalized spacial score (nSPS) is 11.1. The van der Waals surface area contributed by atoms with Crippen LogP contribution in [0.25, 0.3) is 0 Å². The third kappa shape index (κ3) is 5.95. The van der Waals surface area contributed by atoms with E-state index in [1.165, 1.54) is 11.0 Å². The maximum absolute atomic E-state index is 11.8. The van der Waals surface area contributed by atoms with E-state index < -0.39 is 16.1 Å². The summed E-state index contributed by atoms with van der Waals surface area (Å²) in [6, 6.07) is 22.4. The van der Waals surface area contributed by atoms with Crippen molar-refractivity contribution in [2.75, 3.05) is 15.5 Å². The van der Waals surface area contributed by atoms with Crippen LogP contribution < -0.4 is 20.7 Å². The molecule has 0 bridgehead atoms. The Morgan fingerprint density at radius 1 is 0.972 bits per heavy atom. The van der Waals surface area contributed by atoms with Gasteiger partial charge in [-0.3, -0.25) is 0 Å². The van der Waals surface area contributed by atoms with Crippen molar-refractivity contribution in [3.8, 4) is 0 Å². The highest BCUT2D eigenvalue weighted by Crippen LogP contribution is 2.27. The molecule has 0 aliphatic carbocycles. The van der Waals surface area contributed by atoms with Crippen LogP contribution in [0.2, 0.25) is 0 Å². The number of rotatable bonds is 8. The molecule has 0 fully saturated rings. The van der Waals surface area contributed by atoms with E-state index in [1.807, 2.05) is 6.07 Å². The molecule has 184 valence electrons. The number of nitrogens with one attached hydrogen (secondary N) is 2. The van der Waals surface area contributed by atoms with E-state index in [1.54, 1.807) is 79.9 Å². The van der Waals surface area contributed by atoms with Gasteiger partial charge in [0.15, 0.2) is 0 Å². The quantitative estimate of drug-likeness (QED) is 0.272. The van der Waals surface area contributed by atoms with Crippen molar-refractivity contribution < 1.29 is 18.3 Å². The lowest BCUT2D eigenvalue weighted by atomic mass is 10.2. The number of aromatic nitrogens is 2. The van der Waals surface area contributed by atoms with E-state index >= 15 is 0 Å². The molecule has 0 unspecified atom stereocenters. The number of primary sulfonamides is 1. The number of carboxylic acid groups (broad SMARTS) is 1. The predicted octanol–water partition coefficient (Wildman–Crippen LogP) is 4.60. The second kappa shape index (κ2) is 10.4. The summed E-state index contributed by atoms with van der Waals surface area (Å²) >= 11 is 0. The summed E-state index contributed by atoms with van der Waals surface area (Å²) in [4.78, 5) is 21.7. The molecular formula is C25H24N6O4S. The zero-order valence-corrected chi connectivity index (χ0v) is 20.1. The monoisotopic (exact) mass is 504 g/mol. The Kier molecular flexibility index (Phi) is 7.13. The molecule has 36 heavy (non-hydrogen) atoms. The second-order valence-corrected chi connectivity index (χ2v) is 9.41. The van der Waals surface area contributed by atoms with Crippen LogP contribution in [0.1, 0.15) is 11.3 Å². The van der Waals surface area contributed by atoms with Gasteiger partial charge >= 0.3 is 6.09 Å². The number of aryl methyl sites for hydroxylation is 1. The van der Waals surface area contributed by atoms with E-state index in [9.17, 15) is 18.3 Å². The van der Waals surface area contributed by atoms with Gasteiger partial charge in [-0.25, -0.2) is 33.2 Å². The maximum Gasteiger partial charge on any atom is 0.416 e. The molecule has 1 aromatic heterocycles. The van der Waals surface area contributed by atoms with Crippen LogP contribution >= 0.6 is 0 Å². The van der Waals surface area contributed by atoms with Gasteiger partial charge in [-0.15, -0.1) is 0 Å². The molecule has 0 atom stereocenters. The first kappa shape index (κ1) is 24.6.